The fourth-order valence-corrected chi connectivity index (χ4v) is 7.04. The van der Waals surface area contributed by atoms with Crippen molar-refractivity contribution >= 4 is 5.91 Å². The van der Waals surface area contributed by atoms with Crippen LogP contribution in [-0.4, -0.2) is 111 Å². The summed E-state index contributed by atoms with van der Waals surface area (Å²) in [5.74, 6) is 0.460. The van der Waals surface area contributed by atoms with Crippen molar-refractivity contribution in [2.24, 2.45) is 0 Å². The van der Waals surface area contributed by atoms with Crippen LogP contribution >= 0.6 is 0 Å². The maximum absolute atomic E-state index is 13.0. The molecule has 1 aromatic rings. The monoisotopic (exact) mass is 770 g/mol. The highest BCUT2D eigenvalue weighted by Gasteiger charge is 2.44. The van der Waals surface area contributed by atoms with Crippen LogP contribution < -0.4 is 10.1 Å². The van der Waals surface area contributed by atoms with Crippen molar-refractivity contribution in [2.75, 3.05) is 20.3 Å². The summed E-state index contributed by atoms with van der Waals surface area (Å²) < 4.78 is 16.3. The zero-order valence-electron chi connectivity index (χ0n) is 33.2. The van der Waals surface area contributed by atoms with Crippen LogP contribution in [0.4, 0.5) is 0 Å². The molecule has 54 heavy (non-hydrogen) atoms. The predicted octanol–water partition coefficient (Wildman–Crippen LogP) is 5.35. The minimum Gasteiger partial charge on any atom is -0.497 e. The number of carbonyl (C=O) groups excluding carboxylic acids is 1. The van der Waals surface area contributed by atoms with E-state index in [1.165, 1.54) is 51.4 Å². The molecule has 1 unspecified atom stereocenters. The lowest BCUT2D eigenvalue weighted by Gasteiger charge is -2.40. The highest BCUT2D eigenvalue weighted by atomic mass is 16.7. The summed E-state index contributed by atoms with van der Waals surface area (Å²) in [6.07, 6.45) is 11.6. The number of benzene rings is 1. The third-order valence-corrected chi connectivity index (χ3v) is 10.7. The lowest BCUT2D eigenvalue weighted by Crippen LogP contribution is -2.60. The van der Waals surface area contributed by atoms with E-state index in [0.717, 1.165) is 75.5 Å². The summed E-state index contributed by atoms with van der Waals surface area (Å²) in [7, 11) is 1.62. The number of carbonyl (C=O) groups is 1. The van der Waals surface area contributed by atoms with Gasteiger partial charge in [-0.15, -0.1) is 0 Å². The van der Waals surface area contributed by atoms with Crippen molar-refractivity contribution < 1.29 is 54.8 Å². The Morgan fingerprint density at radius 3 is 1.78 bits per heavy atom. The molecule has 12 heteroatoms. The fraction of sp³-hybridized carbons (Fsp3) is 0.833. The standard InChI is InChI=1S/C42H75NO11/c1-3-4-5-6-7-8-9-10-11-13-17-20-23-35(46)38(48)33(30-53-42-41(51)40(50)39(49)36(29-44)54-42)43-37(47)24-21-18-15-12-14-16-19-22-34(45)31-25-27-32(52-2)28-26-31/h25-28,33-36,38-42,44-46,48-51H,3-24,29-30H2,1-2H3,(H,43,47)/t33-,34?,35+,36+,38-,39-,40-,41+,42-/m0/s1. The third kappa shape index (κ3) is 19.3. The maximum atomic E-state index is 13.0. The fourth-order valence-electron chi connectivity index (χ4n) is 7.04. The van der Waals surface area contributed by atoms with Crippen LogP contribution in [0.25, 0.3) is 0 Å². The van der Waals surface area contributed by atoms with Crippen LogP contribution in [0.2, 0.25) is 0 Å². The van der Waals surface area contributed by atoms with Crippen molar-refractivity contribution in [3.05, 3.63) is 29.8 Å². The molecule has 0 radical (unpaired) electrons. The van der Waals surface area contributed by atoms with E-state index in [4.69, 9.17) is 14.2 Å². The molecule has 0 aliphatic carbocycles. The molecule has 1 heterocycles. The van der Waals surface area contributed by atoms with E-state index in [0.29, 0.717) is 19.3 Å². The van der Waals surface area contributed by atoms with Gasteiger partial charge < -0.3 is 55.3 Å². The summed E-state index contributed by atoms with van der Waals surface area (Å²) >= 11 is 0. The van der Waals surface area contributed by atoms with Gasteiger partial charge in [-0.3, -0.25) is 4.79 Å². The first-order chi connectivity index (χ1) is 26.1. The van der Waals surface area contributed by atoms with Gasteiger partial charge >= 0.3 is 0 Å². The van der Waals surface area contributed by atoms with E-state index in [1.54, 1.807) is 7.11 Å². The van der Waals surface area contributed by atoms with Gasteiger partial charge in [0, 0.05) is 6.42 Å². The molecule has 0 aromatic heterocycles. The first-order valence-electron chi connectivity index (χ1n) is 21.0. The normalized spacial score (nSPS) is 22.4. The molecule has 314 valence electrons. The maximum Gasteiger partial charge on any atom is 0.220 e. The zero-order valence-corrected chi connectivity index (χ0v) is 33.2. The van der Waals surface area contributed by atoms with E-state index in [9.17, 15) is 40.5 Å². The molecule has 1 aliphatic heterocycles. The molecule has 1 fully saturated rings. The molecule has 9 atom stereocenters. The number of aliphatic hydroxyl groups excluding tert-OH is 7. The molecule has 1 aromatic carbocycles. The minimum atomic E-state index is -1.62. The molecule has 0 saturated carbocycles. The Hall–Kier alpha value is -1.87. The largest absolute Gasteiger partial charge is 0.497 e. The second-order valence-corrected chi connectivity index (χ2v) is 15.2. The van der Waals surface area contributed by atoms with Crippen LogP contribution in [0.15, 0.2) is 24.3 Å². The second-order valence-electron chi connectivity index (χ2n) is 15.2. The summed E-state index contributed by atoms with van der Waals surface area (Å²) in [5.41, 5.74) is 0.887. The molecule has 0 spiro atoms. The number of hydrogen-bond donors (Lipinski definition) is 8. The highest BCUT2D eigenvalue weighted by molar-refractivity contribution is 5.76. The van der Waals surface area contributed by atoms with Crippen molar-refractivity contribution in [2.45, 2.75) is 203 Å². The number of aliphatic hydroxyl groups is 7. The van der Waals surface area contributed by atoms with Crippen LogP contribution in [0.1, 0.15) is 160 Å². The molecular weight excluding hydrogens is 694 g/mol. The lowest BCUT2D eigenvalue weighted by molar-refractivity contribution is -0.303. The number of nitrogens with one attached hydrogen (secondary N) is 1. The summed E-state index contributed by atoms with van der Waals surface area (Å²) in [5, 5.41) is 75.4. The molecule has 1 saturated heterocycles. The van der Waals surface area contributed by atoms with E-state index < -0.39 is 61.7 Å². The van der Waals surface area contributed by atoms with Crippen LogP contribution in [0, 0.1) is 0 Å². The molecule has 2 rings (SSSR count). The average molecular weight is 770 g/mol. The van der Waals surface area contributed by atoms with Crippen molar-refractivity contribution in [3.8, 4) is 5.75 Å². The Kier molecular flexibility index (Phi) is 26.3. The molecule has 8 N–H and O–H groups in total. The van der Waals surface area contributed by atoms with Gasteiger partial charge in [-0.25, -0.2) is 0 Å². The van der Waals surface area contributed by atoms with Crippen LogP contribution in [0.3, 0.4) is 0 Å². The van der Waals surface area contributed by atoms with Gasteiger partial charge in [0.05, 0.1) is 38.6 Å². The summed E-state index contributed by atoms with van der Waals surface area (Å²) in [4.78, 5) is 13.0. The van der Waals surface area contributed by atoms with Crippen LogP contribution in [0.5, 0.6) is 5.75 Å². The number of hydrogen-bond acceptors (Lipinski definition) is 11. The van der Waals surface area contributed by atoms with Gasteiger partial charge in [0.1, 0.15) is 36.3 Å². The number of rotatable bonds is 32. The van der Waals surface area contributed by atoms with Gasteiger partial charge in [-0.2, -0.15) is 0 Å². The van der Waals surface area contributed by atoms with Gasteiger partial charge in [0.25, 0.3) is 0 Å². The van der Waals surface area contributed by atoms with Gasteiger partial charge in [-0.05, 0) is 37.0 Å². The molecule has 1 amide bonds. The quantitative estimate of drug-likeness (QED) is 0.0440. The van der Waals surface area contributed by atoms with Crippen molar-refractivity contribution in [1.29, 1.82) is 0 Å². The third-order valence-electron chi connectivity index (χ3n) is 10.7. The van der Waals surface area contributed by atoms with Gasteiger partial charge in [0.2, 0.25) is 5.91 Å². The average Bonchev–Trinajstić information content (AvgIpc) is 3.18. The Balaban J connectivity index is 1.73. The van der Waals surface area contributed by atoms with E-state index in [-0.39, 0.29) is 18.9 Å². The SMILES string of the molecule is CCCCCCCCCCCCCC[C@@H](O)[C@@H](O)[C@H](CO[C@H]1O[C@H](CO)[C@H](O)[C@H](O)[C@H]1O)NC(=O)CCCCCCCCCC(O)c1ccc(OC)cc1. The smallest absolute Gasteiger partial charge is 0.220 e. The van der Waals surface area contributed by atoms with E-state index in [2.05, 4.69) is 12.2 Å². The molecular formula is C42H75NO11. The number of methoxy groups -OCH3 is 1. The molecule has 1 aliphatic rings. The number of amides is 1. The Morgan fingerprint density at radius 1 is 0.722 bits per heavy atom. The van der Waals surface area contributed by atoms with Gasteiger partial charge in [0.15, 0.2) is 6.29 Å². The second kappa shape index (κ2) is 29.4. The Labute approximate surface area is 324 Å². The van der Waals surface area contributed by atoms with Crippen molar-refractivity contribution in [1.82, 2.24) is 5.32 Å². The number of unbranched alkanes of at least 4 members (excludes halogenated alkanes) is 17. The Bertz CT molecular complexity index is 1060. The molecule has 12 nitrogen and oxygen atoms in total. The lowest BCUT2D eigenvalue weighted by atomic mass is 9.98. The summed E-state index contributed by atoms with van der Waals surface area (Å²) in [6.45, 7) is 1.28. The van der Waals surface area contributed by atoms with E-state index >= 15 is 0 Å². The van der Waals surface area contributed by atoms with Crippen molar-refractivity contribution in [3.63, 3.8) is 0 Å². The summed E-state index contributed by atoms with van der Waals surface area (Å²) in [6, 6.07) is 6.45. The zero-order chi connectivity index (χ0) is 39.6. The van der Waals surface area contributed by atoms with Crippen LogP contribution in [-0.2, 0) is 14.3 Å². The highest BCUT2D eigenvalue weighted by Crippen LogP contribution is 2.24. The predicted molar refractivity (Wildman–Crippen MR) is 209 cm³/mol. The minimum absolute atomic E-state index is 0.228. The van der Waals surface area contributed by atoms with E-state index in [1.807, 2.05) is 24.3 Å². The molecule has 0 bridgehead atoms. The first kappa shape index (κ1) is 48.3. The topological polar surface area (TPSA) is 198 Å². The Morgan fingerprint density at radius 2 is 1.24 bits per heavy atom. The van der Waals surface area contributed by atoms with Gasteiger partial charge in [-0.1, -0.05) is 135 Å². The first-order valence-corrected chi connectivity index (χ1v) is 21.0. The number of ether oxygens (including phenoxy) is 3.